The van der Waals surface area contributed by atoms with Gasteiger partial charge in [0, 0.05) is 44.7 Å². The normalized spacial score (nSPS) is 17.5. The SMILES string of the molecule is CC(C)C1CC(=O)N(CCC(=O)NCCOCCC(=O)CCC(C)(C)C)C1=O. The maximum absolute atomic E-state index is 12.2. The van der Waals surface area contributed by atoms with Gasteiger partial charge in [-0.1, -0.05) is 34.6 Å². The lowest BCUT2D eigenvalue weighted by Gasteiger charge is -2.17. The van der Waals surface area contributed by atoms with Gasteiger partial charge >= 0.3 is 0 Å². The van der Waals surface area contributed by atoms with Gasteiger partial charge in [0.2, 0.25) is 17.7 Å². The first-order valence-electron chi connectivity index (χ1n) is 10.2. The van der Waals surface area contributed by atoms with E-state index in [4.69, 9.17) is 4.74 Å². The van der Waals surface area contributed by atoms with Gasteiger partial charge in [-0.3, -0.25) is 24.1 Å². The predicted molar refractivity (Wildman–Crippen MR) is 106 cm³/mol. The number of ether oxygens (including phenoxy) is 1. The molecule has 7 nitrogen and oxygen atoms in total. The highest BCUT2D eigenvalue weighted by molar-refractivity contribution is 6.03. The number of imide groups is 1. The van der Waals surface area contributed by atoms with E-state index in [9.17, 15) is 19.2 Å². The van der Waals surface area contributed by atoms with Crippen molar-refractivity contribution in [3.63, 3.8) is 0 Å². The molecule has 3 amide bonds. The number of hydrogen-bond acceptors (Lipinski definition) is 5. The second-order valence-corrected chi connectivity index (χ2v) is 9.00. The zero-order chi connectivity index (χ0) is 21.3. The van der Waals surface area contributed by atoms with E-state index in [2.05, 4.69) is 26.1 Å². The molecule has 0 aromatic carbocycles. The van der Waals surface area contributed by atoms with Crippen molar-refractivity contribution in [1.82, 2.24) is 10.2 Å². The summed E-state index contributed by atoms with van der Waals surface area (Å²) in [4.78, 5) is 48.9. The van der Waals surface area contributed by atoms with Crippen LogP contribution in [0.5, 0.6) is 0 Å². The summed E-state index contributed by atoms with van der Waals surface area (Å²) in [6.45, 7) is 11.3. The fourth-order valence-electron chi connectivity index (χ4n) is 2.96. The first kappa shape index (κ1) is 24.3. The summed E-state index contributed by atoms with van der Waals surface area (Å²) in [5.74, 6) is -0.553. The molecule has 1 aliphatic rings. The van der Waals surface area contributed by atoms with Crippen molar-refractivity contribution in [1.29, 1.82) is 0 Å². The zero-order valence-corrected chi connectivity index (χ0v) is 18.0. The van der Waals surface area contributed by atoms with Gasteiger partial charge < -0.3 is 10.1 Å². The summed E-state index contributed by atoms with van der Waals surface area (Å²) in [7, 11) is 0. The smallest absolute Gasteiger partial charge is 0.233 e. The first-order chi connectivity index (χ1) is 13.0. The number of nitrogens with one attached hydrogen (secondary N) is 1. The third-order valence-corrected chi connectivity index (χ3v) is 4.89. The standard InChI is InChI=1S/C21H36N2O5/c1-15(2)17-14-19(26)23(20(17)27)11-7-18(25)22-10-13-28-12-8-16(24)6-9-21(3,4)5/h15,17H,6-14H2,1-5H3,(H,22,25). The summed E-state index contributed by atoms with van der Waals surface area (Å²) in [5, 5.41) is 2.71. The minimum absolute atomic E-state index is 0.0909. The summed E-state index contributed by atoms with van der Waals surface area (Å²) < 4.78 is 5.38. The monoisotopic (exact) mass is 396 g/mol. The van der Waals surface area contributed by atoms with Crippen molar-refractivity contribution in [3.05, 3.63) is 0 Å². The molecular formula is C21H36N2O5. The van der Waals surface area contributed by atoms with E-state index in [0.717, 1.165) is 6.42 Å². The maximum atomic E-state index is 12.2. The Kier molecular flexibility index (Phi) is 9.79. The average molecular weight is 397 g/mol. The van der Waals surface area contributed by atoms with Crippen molar-refractivity contribution in [2.45, 2.75) is 66.7 Å². The Morgan fingerprint density at radius 3 is 2.39 bits per heavy atom. The van der Waals surface area contributed by atoms with Gasteiger partial charge in [0.05, 0.1) is 13.2 Å². The summed E-state index contributed by atoms with van der Waals surface area (Å²) in [6.07, 6.45) is 2.14. The molecular weight excluding hydrogens is 360 g/mol. The molecule has 1 N–H and O–H groups in total. The molecule has 7 heteroatoms. The van der Waals surface area contributed by atoms with Crippen LogP contribution >= 0.6 is 0 Å². The van der Waals surface area contributed by atoms with Gasteiger partial charge in [0.15, 0.2) is 0 Å². The van der Waals surface area contributed by atoms with E-state index in [1.807, 2.05) is 13.8 Å². The molecule has 1 fully saturated rings. The van der Waals surface area contributed by atoms with Crippen molar-refractivity contribution < 1.29 is 23.9 Å². The molecule has 1 atom stereocenters. The Morgan fingerprint density at radius 2 is 1.82 bits per heavy atom. The van der Waals surface area contributed by atoms with Crippen molar-refractivity contribution in [2.24, 2.45) is 17.3 Å². The largest absolute Gasteiger partial charge is 0.379 e. The predicted octanol–water partition coefficient (Wildman–Crippen LogP) is 2.33. The van der Waals surface area contributed by atoms with Crippen LogP contribution in [0.25, 0.3) is 0 Å². The molecule has 28 heavy (non-hydrogen) atoms. The third-order valence-electron chi connectivity index (χ3n) is 4.89. The molecule has 0 bridgehead atoms. The van der Waals surface area contributed by atoms with Crippen LogP contribution in [-0.4, -0.2) is 54.7 Å². The van der Waals surface area contributed by atoms with Crippen LogP contribution in [0, 0.1) is 17.3 Å². The topological polar surface area (TPSA) is 92.8 Å². The number of carbonyl (C=O) groups is 4. The molecule has 0 aliphatic carbocycles. The van der Waals surface area contributed by atoms with Crippen molar-refractivity contribution in [3.8, 4) is 0 Å². The van der Waals surface area contributed by atoms with Gasteiger partial charge in [0.25, 0.3) is 0 Å². The van der Waals surface area contributed by atoms with Crippen LogP contribution in [0.4, 0.5) is 0 Å². The quantitative estimate of drug-likeness (QED) is 0.404. The minimum Gasteiger partial charge on any atom is -0.379 e. The summed E-state index contributed by atoms with van der Waals surface area (Å²) in [6, 6.07) is 0. The van der Waals surface area contributed by atoms with Gasteiger partial charge in [-0.05, 0) is 17.8 Å². The second-order valence-electron chi connectivity index (χ2n) is 9.00. The van der Waals surface area contributed by atoms with Crippen molar-refractivity contribution >= 4 is 23.5 Å². The first-order valence-corrected chi connectivity index (χ1v) is 10.2. The van der Waals surface area contributed by atoms with Crippen LogP contribution in [0.1, 0.15) is 66.7 Å². The fraction of sp³-hybridized carbons (Fsp3) is 0.810. The highest BCUT2D eigenvalue weighted by atomic mass is 16.5. The number of hydrogen-bond donors (Lipinski definition) is 1. The second kappa shape index (κ2) is 11.3. The molecule has 1 unspecified atom stereocenters. The lowest BCUT2D eigenvalue weighted by molar-refractivity contribution is -0.140. The molecule has 1 saturated heterocycles. The molecule has 0 aromatic heterocycles. The van der Waals surface area contributed by atoms with Crippen LogP contribution in [0.2, 0.25) is 0 Å². The number of nitrogens with zero attached hydrogens (tertiary/aromatic N) is 1. The van der Waals surface area contributed by atoms with E-state index in [0.29, 0.717) is 32.6 Å². The summed E-state index contributed by atoms with van der Waals surface area (Å²) >= 11 is 0. The van der Waals surface area contributed by atoms with E-state index >= 15 is 0 Å². The van der Waals surface area contributed by atoms with Crippen LogP contribution in [0.3, 0.4) is 0 Å². The molecule has 1 aliphatic heterocycles. The fourth-order valence-corrected chi connectivity index (χ4v) is 2.96. The third kappa shape index (κ3) is 8.95. The Bertz CT molecular complexity index is 566. The molecule has 1 heterocycles. The number of amides is 3. The molecule has 0 saturated carbocycles. The van der Waals surface area contributed by atoms with Crippen LogP contribution < -0.4 is 5.32 Å². The van der Waals surface area contributed by atoms with Crippen LogP contribution in [0.15, 0.2) is 0 Å². The Morgan fingerprint density at radius 1 is 1.14 bits per heavy atom. The Labute approximate surface area is 168 Å². The van der Waals surface area contributed by atoms with E-state index < -0.39 is 0 Å². The van der Waals surface area contributed by atoms with Gasteiger partial charge in [0.1, 0.15) is 5.78 Å². The lowest BCUT2D eigenvalue weighted by atomic mass is 9.89. The molecule has 160 valence electrons. The highest BCUT2D eigenvalue weighted by Gasteiger charge is 2.39. The Balaban J connectivity index is 2.11. The van der Waals surface area contributed by atoms with Gasteiger partial charge in [-0.25, -0.2) is 0 Å². The van der Waals surface area contributed by atoms with E-state index in [-0.39, 0.29) is 60.1 Å². The molecule has 1 rings (SSSR count). The van der Waals surface area contributed by atoms with Gasteiger partial charge in [-0.15, -0.1) is 0 Å². The minimum atomic E-state index is -0.268. The maximum Gasteiger partial charge on any atom is 0.233 e. The van der Waals surface area contributed by atoms with Crippen molar-refractivity contribution in [2.75, 3.05) is 26.3 Å². The number of carbonyl (C=O) groups excluding carboxylic acids is 4. The Hall–Kier alpha value is -1.76. The zero-order valence-electron chi connectivity index (χ0n) is 18.0. The number of Topliss-reactive ketones (excluding diaryl/α,β-unsaturated/α-hetero) is 1. The summed E-state index contributed by atoms with van der Waals surface area (Å²) in [5.41, 5.74) is 0.154. The lowest BCUT2D eigenvalue weighted by Crippen LogP contribution is -2.36. The number of rotatable bonds is 12. The van der Waals surface area contributed by atoms with Gasteiger partial charge in [-0.2, -0.15) is 0 Å². The highest BCUT2D eigenvalue weighted by Crippen LogP contribution is 2.26. The molecule has 0 radical (unpaired) electrons. The van der Waals surface area contributed by atoms with E-state index in [1.54, 1.807) is 0 Å². The molecule has 0 aromatic rings. The van der Waals surface area contributed by atoms with Crippen LogP contribution in [-0.2, 0) is 23.9 Å². The molecule has 0 spiro atoms. The average Bonchev–Trinajstić information content (AvgIpc) is 2.88. The number of likely N-dealkylation sites (tertiary alicyclic amines) is 1. The van der Waals surface area contributed by atoms with E-state index in [1.165, 1.54) is 4.90 Å². The number of ketones is 1.